The number of nitro groups is 2. The maximum absolute atomic E-state index is 14.3. The molecule has 1 aliphatic rings. The van der Waals surface area contributed by atoms with Crippen LogP contribution in [0, 0.1) is 20.2 Å². The normalized spacial score (nSPS) is 15.2. The Labute approximate surface area is 313 Å². The molecule has 4 rings (SSSR count). The third kappa shape index (κ3) is 11.7. The third-order valence-electron chi connectivity index (χ3n) is 9.00. The zero-order valence-corrected chi connectivity index (χ0v) is 30.6. The predicted molar refractivity (Wildman–Crippen MR) is 203 cm³/mol. The lowest BCUT2D eigenvalue weighted by molar-refractivity contribution is -0.385. The molecule has 0 aliphatic carbocycles. The van der Waals surface area contributed by atoms with Gasteiger partial charge in [-0.3, -0.25) is 34.6 Å². The maximum Gasteiger partial charge on any atom is 0.407 e. The number of carbonyl (C=O) groups excluding carboxylic acids is 3. The molecule has 54 heavy (non-hydrogen) atoms. The van der Waals surface area contributed by atoms with E-state index in [-0.39, 0.29) is 60.1 Å². The second kappa shape index (κ2) is 18.5. The highest BCUT2D eigenvalue weighted by Crippen LogP contribution is 2.25. The molecule has 0 unspecified atom stereocenters. The first-order valence-corrected chi connectivity index (χ1v) is 17.7. The van der Waals surface area contributed by atoms with Gasteiger partial charge in [0.25, 0.3) is 11.4 Å². The standard InChI is InChI=1S/C40H45N5O9/c1-40(2,3)43(39(49)50)22-10-5-4-9-13-36(46)41-35(25-28-11-7-6-8-12-28)38(48)42-26-31(23-29-14-18-33(19-15-29)44(51)52)37(47)32(27-42)24-30-16-20-34(21-17-30)45(53)54/h6-8,11-12,14-21,23-24,35H,4-5,9-10,13,22,25-27H2,1-3H3,(H,41,46)(H,49,50)/b31-23+,32-24+/t35-/m0/s1. The summed E-state index contributed by atoms with van der Waals surface area (Å²) in [5.41, 5.74) is 1.57. The van der Waals surface area contributed by atoms with Crippen LogP contribution in [0.3, 0.4) is 0 Å². The molecular formula is C40H45N5O9. The largest absolute Gasteiger partial charge is 0.465 e. The highest BCUT2D eigenvalue weighted by atomic mass is 16.6. The maximum atomic E-state index is 14.3. The average molecular weight is 740 g/mol. The number of unbranched alkanes of at least 4 members (excludes halogenated alkanes) is 3. The Balaban J connectivity index is 1.54. The lowest BCUT2D eigenvalue weighted by Gasteiger charge is -2.33. The van der Waals surface area contributed by atoms with Crippen molar-refractivity contribution in [1.29, 1.82) is 0 Å². The first-order valence-electron chi connectivity index (χ1n) is 17.7. The quantitative estimate of drug-likeness (QED) is 0.0727. The number of likely N-dealkylation sites (tertiary alicyclic amines) is 1. The summed E-state index contributed by atoms with van der Waals surface area (Å²) in [6, 6.07) is 19.5. The summed E-state index contributed by atoms with van der Waals surface area (Å²) in [7, 11) is 0. The molecule has 3 amide bonds. The molecule has 284 valence electrons. The van der Waals surface area contributed by atoms with E-state index in [1.807, 2.05) is 51.1 Å². The zero-order chi connectivity index (χ0) is 39.4. The molecule has 3 aromatic rings. The summed E-state index contributed by atoms with van der Waals surface area (Å²) in [5, 5.41) is 34.8. The summed E-state index contributed by atoms with van der Waals surface area (Å²) >= 11 is 0. The molecule has 2 N–H and O–H groups in total. The van der Waals surface area contributed by atoms with E-state index in [0.29, 0.717) is 36.9 Å². The van der Waals surface area contributed by atoms with Crippen molar-refractivity contribution < 1.29 is 34.1 Å². The van der Waals surface area contributed by atoms with Crippen LogP contribution in [0.5, 0.6) is 0 Å². The molecule has 1 saturated heterocycles. The van der Waals surface area contributed by atoms with Crippen molar-refractivity contribution >= 4 is 47.2 Å². The molecule has 0 radical (unpaired) electrons. The number of non-ortho nitro benzene ring substituents is 2. The van der Waals surface area contributed by atoms with E-state index < -0.39 is 33.4 Å². The van der Waals surface area contributed by atoms with Crippen molar-refractivity contribution in [3.8, 4) is 0 Å². The number of carbonyl (C=O) groups is 4. The number of benzene rings is 3. The van der Waals surface area contributed by atoms with Crippen molar-refractivity contribution in [3.05, 3.63) is 127 Å². The van der Waals surface area contributed by atoms with Crippen LogP contribution in [0.2, 0.25) is 0 Å². The molecule has 14 heteroatoms. The van der Waals surface area contributed by atoms with Crippen LogP contribution in [0.1, 0.15) is 69.6 Å². The van der Waals surface area contributed by atoms with E-state index in [9.17, 15) is 44.5 Å². The van der Waals surface area contributed by atoms with Crippen LogP contribution in [-0.2, 0) is 20.8 Å². The first kappa shape index (κ1) is 40.6. The van der Waals surface area contributed by atoms with Gasteiger partial charge in [0.05, 0.1) is 9.85 Å². The van der Waals surface area contributed by atoms with E-state index in [1.54, 1.807) is 12.2 Å². The van der Waals surface area contributed by atoms with Crippen molar-refractivity contribution in [3.63, 3.8) is 0 Å². The number of hydrogen-bond acceptors (Lipinski definition) is 8. The Morgan fingerprint density at radius 1 is 0.815 bits per heavy atom. The number of carboxylic acid groups (broad SMARTS) is 1. The number of piperidine rings is 1. The van der Waals surface area contributed by atoms with Crippen molar-refractivity contribution in [2.45, 2.75) is 70.9 Å². The number of nitrogens with zero attached hydrogens (tertiary/aromatic N) is 4. The van der Waals surface area contributed by atoms with E-state index in [2.05, 4.69) is 5.32 Å². The predicted octanol–water partition coefficient (Wildman–Crippen LogP) is 6.84. The topological polar surface area (TPSA) is 193 Å². The molecular weight excluding hydrogens is 694 g/mol. The van der Waals surface area contributed by atoms with Gasteiger partial charge in [0, 0.05) is 73.4 Å². The molecule has 1 atom stereocenters. The Morgan fingerprint density at radius 3 is 1.78 bits per heavy atom. The molecule has 0 saturated carbocycles. The fourth-order valence-electron chi connectivity index (χ4n) is 6.15. The second-order valence-corrected chi connectivity index (χ2v) is 14.1. The number of rotatable bonds is 15. The van der Waals surface area contributed by atoms with Gasteiger partial charge in [-0.05, 0) is 86.7 Å². The number of nitro benzene ring substituents is 2. The minimum atomic E-state index is -0.975. The van der Waals surface area contributed by atoms with Gasteiger partial charge in [-0.2, -0.15) is 0 Å². The van der Waals surface area contributed by atoms with E-state index >= 15 is 0 Å². The number of hydrogen-bond donors (Lipinski definition) is 2. The van der Waals surface area contributed by atoms with Crippen LogP contribution in [0.25, 0.3) is 12.2 Å². The Hall–Kier alpha value is -6.18. The summed E-state index contributed by atoms with van der Waals surface area (Å²) in [5.74, 6) is -1.09. The summed E-state index contributed by atoms with van der Waals surface area (Å²) < 4.78 is 0. The van der Waals surface area contributed by atoms with Gasteiger partial charge in [-0.25, -0.2) is 4.79 Å². The molecule has 1 heterocycles. The average Bonchev–Trinajstić information content (AvgIpc) is 3.12. The monoisotopic (exact) mass is 739 g/mol. The van der Waals surface area contributed by atoms with E-state index in [0.717, 1.165) is 12.0 Å². The van der Waals surface area contributed by atoms with Crippen molar-refractivity contribution in [2.75, 3.05) is 19.6 Å². The fraction of sp³-hybridized carbons (Fsp3) is 0.350. The minimum Gasteiger partial charge on any atom is -0.465 e. The van der Waals surface area contributed by atoms with Crippen molar-refractivity contribution in [2.24, 2.45) is 0 Å². The number of ketones is 1. The SMILES string of the molecule is CC(C)(C)N(CCCCCCC(=O)N[C@@H](Cc1ccccc1)C(=O)N1C/C(=C\c2ccc([N+](=O)[O-])cc2)C(=O)/C(=C/c2ccc([N+](=O)[O-])cc2)C1)C(=O)O. The van der Waals surface area contributed by atoms with Gasteiger partial charge >= 0.3 is 6.09 Å². The van der Waals surface area contributed by atoms with Crippen LogP contribution < -0.4 is 5.32 Å². The molecule has 14 nitrogen and oxygen atoms in total. The van der Waals surface area contributed by atoms with Crippen LogP contribution in [0.15, 0.2) is 90.0 Å². The molecule has 0 bridgehead atoms. The van der Waals surface area contributed by atoms with Gasteiger partial charge in [0.2, 0.25) is 11.8 Å². The van der Waals surface area contributed by atoms with E-state index in [4.69, 9.17) is 0 Å². The molecule has 1 fully saturated rings. The third-order valence-corrected chi connectivity index (χ3v) is 9.00. The number of amides is 3. The van der Waals surface area contributed by atoms with Gasteiger partial charge in [-0.1, -0.05) is 43.2 Å². The summed E-state index contributed by atoms with van der Waals surface area (Å²) in [6.45, 7) is 5.73. The fourth-order valence-corrected chi connectivity index (χ4v) is 6.15. The first-order chi connectivity index (χ1) is 25.6. The second-order valence-electron chi connectivity index (χ2n) is 14.1. The molecule has 3 aromatic carbocycles. The minimum absolute atomic E-state index is 0.0880. The Bertz CT molecular complexity index is 1820. The lowest BCUT2D eigenvalue weighted by atomic mass is 9.93. The number of nitrogens with one attached hydrogen (secondary N) is 1. The smallest absolute Gasteiger partial charge is 0.407 e. The van der Waals surface area contributed by atoms with Gasteiger partial charge in [0.1, 0.15) is 6.04 Å². The Morgan fingerprint density at radius 2 is 1.31 bits per heavy atom. The number of Topliss-reactive ketones (excluding diaryl/α,β-unsaturated/α-hetero) is 1. The van der Waals surface area contributed by atoms with Gasteiger partial charge < -0.3 is 20.2 Å². The van der Waals surface area contributed by atoms with Crippen LogP contribution >= 0.6 is 0 Å². The van der Waals surface area contributed by atoms with Crippen LogP contribution in [-0.4, -0.2) is 79.7 Å². The van der Waals surface area contributed by atoms with Crippen molar-refractivity contribution in [1.82, 2.24) is 15.1 Å². The van der Waals surface area contributed by atoms with Crippen LogP contribution in [0.4, 0.5) is 16.2 Å². The van der Waals surface area contributed by atoms with Gasteiger partial charge in [-0.15, -0.1) is 0 Å². The lowest BCUT2D eigenvalue weighted by Crippen LogP contribution is -2.52. The molecule has 0 aromatic heterocycles. The zero-order valence-electron chi connectivity index (χ0n) is 30.6. The molecule has 1 aliphatic heterocycles. The summed E-state index contributed by atoms with van der Waals surface area (Å²) in [6.07, 6.45) is 5.14. The highest BCUT2D eigenvalue weighted by Gasteiger charge is 2.33. The Kier molecular flexibility index (Phi) is 13.9. The summed E-state index contributed by atoms with van der Waals surface area (Å²) in [4.78, 5) is 77.2. The van der Waals surface area contributed by atoms with Gasteiger partial charge in [0.15, 0.2) is 5.78 Å². The molecule has 0 spiro atoms. The highest BCUT2D eigenvalue weighted by molar-refractivity contribution is 6.15. The van der Waals surface area contributed by atoms with E-state index in [1.165, 1.54) is 58.3 Å².